The van der Waals surface area contributed by atoms with Crippen LogP contribution in [0.2, 0.25) is 0 Å². The number of rotatable bonds is 3. The maximum Gasteiger partial charge on any atom is 0.268 e. The molecule has 0 fully saturated rings. The summed E-state index contributed by atoms with van der Waals surface area (Å²) in [5.41, 5.74) is 1.82. The van der Waals surface area contributed by atoms with Gasteiger partial charge in [-0.25, -0.2) is 4.98 Å². The van der Waals surface area contributed by atoms with E-state index in [1.54, 1.807) is 25.4 Å². The van der Waals surface area contributed by atoms with Gasteiger partial charge in [0.2, 0.25) is 0 Å². The van der Waals surface area contributed by atoms with Gasteiger partial charge in [0.15, 0.2) is 0 Å². The number of carbonyl (C=O) groups excluding carboxylic acids is 1. The molecule has 0 saturated carbocycles. The second-order valence-corrected chi connectivity index (χ2v) is 6.60. The minimum Gasteiger partial charge on any atom is -0.334 e. The van der Waals surface area contributed by atoms with E-state index in [4.69, 9.17) is 0 Å². The van der Waals surface area contributed by atoms with Crippen molar-refractivity contribution in [3.05, 3.63) is 69.7 Å². The number of nitrogens with one attached hydrogen (secondary N) is 1. The molecule has 1 N–H and O–H groups in total. The van der Waals surface area contributed by atoms with Crippen LogP contribution >= 0.6 is 11.3 Å². The van der Waals surface area contributed by atoms with Crippen LogP contribution in [0.1, 0.15) is 16.2 Å². The molecule has 0 atom stereocenters. The molecular weight excluding hydrogens is 336 g/mol. The standard InChI is InChI=1S/C18H14N4O2S/c1-22(10-15-20-14-7-9-25-16(14)17(23)21-15)18(24)12-6-8-19-13-5-3-2-4-11(12)13/h2-9H,10H2,1H3,(H,20,21,23). The molecule has 0 aliphatic carbocycles. The lowest BCUT2D eigenvalue weighted by Gasteiger charge is -2.17. The summed E-state index contributed by atoms with van der Waals surface area (Å²) in [6.07, 6.45) is 1.63. The Balaban J connectivity index is 1.66. The highest BCUT2D eigenvalue weighted by atomic mass is 32.1. The zero-order valence-corrected chi connectivity index (χ0v) is 14.2. The van der Waals surface area contributed by atoms with Crippen molar-refractivity contribution in [3.8, 4) is 0 Å². The Bertz CT molecular complexity index is 1140. The summed E-state index contributed by atoms with van der Waals surface area (Å²) in [6, 6.07) is 11.0. The Hall–Kier alpha value is -3.06. The first-order valence-electron chi connectivity index (χ1n) is 7.69. The number of aromatic nitrogens is 3. The van der Waals surface area contributed by atoms with Gasteiger partial charge in [0.1, 0.15) is 10.5 Å². The molecule has 7 heteroatoms. The molecule has 0 unspecified atom stereocenters. The van der Waals surface area contributed by atoms with Crippen molar-refractivity contribution in [2.75, 3.05) is 7.05 Å². The first-order valence-corrected chi connectivity index (χ1v) is 8.57. The minimum atomic E-state index is -0.176. The quantitative estimate of drug-likeness (QED) is 0.616. The first-order chi connectivity index (χ1) is 12.1. The van der Waals surface area contributed by atoms with Crippen LogP contribution in [-0.4, -0.2) is 32.8 Å². The van der Waals surface area contributed by atoms with Gasteiger partial charge >= 0.3 is 0 Å². The monoisotopic (exact) mass is 350 g/mol. The number of hydrogen-bond acceptors (Lipinski definition) is 5. The number of pyridine rings is 1. The summed E-state index contributed by atoms with van der Waals surface area (Å²) in [6.45, 7) is 0.219. The number of hydrogen-bond donors (Lipinski definition) is 1. The molecule has 0 bridgehead atoms. The number of para-hydroxylation sites is 1. The van der Waals surface area contributed by atoms with Gasteiger partial charge in [-0.05, 0) is 23.6 Å². The van der Waals surface area contributed by atoms with Crippen LogP contribution < -0.4 is 5.56 Å². The van der Waals surface area contributed by atoms with Crippen molar-refractivity contribution >= 4 is 38.4 Å². The van der Waals surface area contributed by atoms with Crippen LogP contribution in [0.5, 0.6) is 0 Å². The molecule has 4 aromatic rings. The normalized spacial score (nSPS) is 11.1. The van der Waals surface area contributed by atoms with Gasteiger partial charge in [-0.1, -0.05) is 18.2 Å². The molecule has 0 spiro atoms. The predicted octanol–water partition coefficient (Wildman–Crippen LogP) is 2.81. The largest absolute Gasteiger partial charge is 0.334 e. The third-order valence-corrected chi connectivity index (χ3v) is 4.88. The molecule has 1 amide bonds. The highest BCUT2D eigenvalue weighted by Crippen LogP contribution is 2.18. The highest BCUT2D eigenvalue weighted by Gasteiger charge is 2.16. The van der Waals surface area contributed by atoms with E-state index in [9.17, 15) is 9.59 Å². The molecule has 1 aromatic carbocycles. The van der Waals surface area contributed by atoms with Gasteiger partial charge in [0, 0.05) is 18.6 Å². The fourth-order valence-corrected chi connectivity index (χ4v) is 3.51. The molecule has 0 aliphatic heterocycles. The summed E-state index contributed by atoms with van der Waals surface area (Å²) < 4.78 is 0.595. The lowest BCUT2D eigenvalue weighted by Crippen LogP contribution is -2.28. The van der Waals surface area contributed by atoms with E-state index in [-0.39, 0.29) is 18.0 Å². The van der Waals surface area contributed by atoms with E-state index in [2.05, 4.69) is 15.0 Å². The Morgan fingerprint density at radius 3 is 2.92 bits per heavy atom. The minimum absolute atomic E-state index is 0.147. The highest BCUT2D eigenvalue weighted by molar-refractivity contribution is 7.17. The Morgan fingerprint density at radius 1 is 1.20 bits per heavy atom. The Kier molecular flexibility index (Phi) is 3.77. The number of nitrogens with zero attached hydrogens (tertiary/aromatic N) is 3. The molecule has 6 nitrogen and oxygen atoms in total. The fraction of sp³-hybridized carbons (Fsp3) is 0.111. The van der Waals surface area contributed by atoms with Crippen LogP contribution in [0.15, 0.2) is 52.8 Å². The number of amides is 1. The topological polar surface area (TPSA) is 79.0 Å². The predicted molar refractivity (Wildman–Crippen MR) is 97.8 cm³/mol. The SMILES string of the molecule is CN(Cc1nc2ccsc2c(=O)[nH]1)C(=O)c1ccnc2ccccc12. The smallest absolute Gasteiger partial charge is 0.268 e. The van der Waals surface area contributed by atoms with Gasteiger partial charge in [-0.2, -0.15) is 0 Å². The summed E-state index contributed by atoms with van der Waals surface area (Å²) in [7, 11) is 1.69. The number of aromatic amines is 1. The van der Waals surface area contributed by atoms with Gasteiger partial charge in [-0.15, -0.1) is 11.3 Å². The van der Waals surface area contributed by atoms with Gasteiger partial charge in [-0.3, -0.25) is 14.6 Å². The second-order valence-electron chi connectivity index (χ2n) is 5.68. The zero-order chi connectivity index (χ0) is 17.4. The number of thiophene rings is 1. The summed E-state index contributed by atoms with van der Waals surface area (Å²) in [5, 5.41) is 2.63. The lowest BCUT2D eigenvalue weighted by molar-refractivity contribution is 0.0783. The van der Waals surface area contributed by atoms with Crippen molar-refractivity contribution in [2.45, 2.75) is 6.54 Å². The van der Waals surface area contributed by atoms with E-state index in [0.29, 0.717) is 21.6 Å². The van der Waals surface area contributed by atoms with Crippen molar-refractivity contribution in [1.29, 1.82) is 0 Å². The molecule has 25 heavy (non-hydrogen) atoms. The van der Waals surface area contributed by atoms with Gasteiger partial charge in [0.05, 0.1) is 23.1 Å². The van der Waals surface area contributed by atoms with Crippen molar-refractivity contribution in [2.24, 2.45) is 0 Å². The zero-order valence-electron chi connectivity index (χ0n) is 13.4. The number of benzene rings is 1. The van der Waals surface area contributed by atoms with Crippen molar-refractivity contribution < 1.29 is 4.79 Å². The third kappa shape index (κ3) is 2.78. The van der Waals surface area contributed by atoms with E-state index in [1.807, 2.05) is 29.6 Å². The van der Waals surface area contributed by atoms with Crippen LogP contribution in [-0.2, 0) is 6.54 Å². The molecule has 0 aliphatic rings. The molecule has 0 saturated heterocycles. The van der Waals surface area contributed by atoms with Crippen molar-refractivity contribution in [3.63, 3.8) is 0 Å². The average molecular weight is 350 g/mol. The van der Waals surface area contributed by atoms with Crippen molar-refractivity contribution in [1.82, 2.24) is 19.9 Å². The molecule has 124 valence electrons. The van der Waals surface area contributed by atoms with Crippen LogP contribution in [0.4, 0.5) is 0 Å². The second kappa shape index (κ2) is 6.10. The Labute approximate surface area is 146 Å². The maximum atomic E-state index is 12.8. The number of H-pyrrole nitrogens is 1. The molecule has 0 radical (unpaired) electrons. The van der Waals surface area contributed by atoms with E-state index in [0.717, 1.165) is 10.9 Å². The summed E-state index contributed by atoms with van der Waals surface area (Å²) in [4.78, 5) is 37.9. The van der Waals surface area contributed by atoms with Crippen LogP contribution in [0, 0.1) is 0 Å². The Morgan fingerprint density at radius 2 is 2.04 bits per heavy atom. The molecule has 3 aromatic heterocycles. The molecular formula is C18H14N4O2S. The van der Waals surface area contributed by atoms with E-state index in [1.165, 1.54) is 16.2 Å². The molecule has 3 heterocycles. The summed E-state index contributed by atoms with van der Waals surface area (Å²) >= 11 is 1.35. The lowest BCUT2D eigenvalue weighted by atomic mass is 10.1. The molecule has 4 rings (SSSR count). The number of fused-ring (bicyclic) bond motifs is 2. The van der Waals surface area contributed by atoms with Crippen LogP contribution in [0.25, 0.3) is 21.1 Å². The van der Waals surface area contributed by atoms with Gasteiger partial charge < -0.3 is 9.88 Å². The first kappa shape index (κ1) is 15.5. The van der Waals surface area contributed by atoms with E-state index >= 15 is 0 Å². The fourth-order valence-electron chi connectivity index (χ4n) is 2.78. The summed E-state index contributed by atoms with van der Waals surface area (Å²) in [5.74, 6) is 0.316. The van der Waals surface area contributed by atoms with Crippen LogP contribution in [0.3, 0.4) is 0 Å². The average Bonchev–Trinajstić information content (AvgIpc) is 3.09. The third-order valence-electron chi connectivity index (χ3n) is 3.98. The van der Waals surface area contributed by atoms with Gasteiger partial charge in [0.25, 0.3) is 11.5 Å². The number of carbonyl (C=O) groups is 1. The van der Waals surface area contributed by atoms with E-state index < -0.39 is 0 Å². The maximum absolute atomic E-state index is 12.8.